The summed E-state index contributed by atoms with van der Waals surface area (Å²) in [5, 5.41) is 11.5. The molecule has 1 aromatic carbocycles. The average Bonchev–Trinajstić information content (AvgIpc) is 2.36. The number of carboxylic acid groups (broad SMARTS) is 1. The van der Waals surface area contributed by atoms with E-state index in [1.165, 1.54) is 6.92 Å². The average molecular weight is 286 g/mol. The summed E-state index contributed by atoms with van der Waals surface area (Å²) in [6, 6.07) is 6.20. The molecule has 0 saturated carbocycles. The molecule has 0 aromatic heterocycles. The van der Waals surface area contributed by atoms with Gasteiger partial charge in [0.1, 0.15) is 11.8 Å². The first kappa shape index (κ1) is 15.3. The number of carbonyl (C=O) groups excluding carboxylic acids is 1. The quantitative estimate of drug-likeness (QED) is 0.752. The molecule has 0 aliphatic rings. The normalized spacial score (nSPS) is 11.7. The third kappa shape index (κ3) is 5.61. The fraction of sp³-hybridized carbons (Fsp3) is 0.385. The van der Waals surface area contributed by atoms with E-state index in [1.54, 1.807) is 18.2 Å². The van der Waals surface area contributed by atoms with Crippen molar-refractivity contribution < 1.29 is 19.4 Å². The first-order valence-corrected chi connectivity index (χ1v) is 6.28. The van der Waals surface area contributed by atoms with E-state index < -0.39 is 12.0 Å². The van der Waals surface area contributed by atoms with Crippen LogP contribution in [-0.2, 0) is 9.59 Å². The number of ether oxygens (including phenoxy) is 1. The molecule has 0 aliphatic heterocycles. The van der Waals surface area contributed by atoms with Crippen molar-refractivity contribution in [3.05, 3.63) is 29.3 Å². The molecular weight excluding hydrogens is 270 g/mol. The Morgan fingerprint density at radius 2 is 2.11 bits per heavy atom. The highest BCUT2D eigenvalue weighted by Crippen LogP contribution is 2.23. The van der Waals surface area contributed by atoms with Gasteiger partial charge >= 0.3 is 5.97 Å². The van der Waals surface area contributed by atoms with E-state index in [4.69, 9.17) is 21.4 Å². The molecule has 0 aliphatic carbocycles. The lowest BCUT2D eigenvalue weighted by molar-refractivity contribution is -0.141. The fourth-order valence-electron chi connectivity index (χ4n) is 1.35. The Labute approximate surface area is 116 Å². The van der Waals surface area contributed by atoms with Crippen molar-refractivity contribution in [3.8, 4) is 5.75 Å². The number of hydrogen-bond acceptors (Lipinski definition) is 3. The molecule has 0 spiro atoms. The molecule has 104 valence electrons. The number of nitrogens with one attached hydrogen (secondary N) is 1. The van der Waals surface area contributed by atoms with E-state index in [9.17, 15) is 9.59 Å². The minimum absolute atomic E-state index is 0.210. The van der Waals surface area contributed by atoms with Gasteiger partial charge in [0.15, 0.2) is 0 Å². The van der Waals surface area contributed by atoms with E-state index in [0.717, 1.165) is 0 Å². The van der Waals surface area contributed by atoms with Crippen LogP contribution < -0.4 is 10.1 Å². The predicted molar refractivity (Wildman–Crippen MR) is 71.4 cm³/mol. The molecule has 19 heavy (non-hydrogen) atoms. The van der Waals surface area contributed by atoms with Gasteiger partial charge in [-0.3, -0.25) is 9.59 Å². The van der Waals surface area contributed by atoms with Gasteiger partial charge in [-0.15, -0.1) is 0 Å². The Morgan fingerprint density at radius 3 is 2.74 bits per heavy atom. The third-order valence-electron chi connectivity index (χ3n) is 2.39. The van der Waals surface area contributed by atoms with Gasteiger partial charge in [0.2, 0.25) is 5.91 Å². The smallest absolute Gasteiger partial charge is 0.325 e. The van der Waals surface area contributed by atoms with Gasteiger partial charge in [0.05, 0.1) is 11.6 Å². The van der Waals surface area contributed by atoms with Gasteiger partial charge in [-0.05, 0) is 25.5 Å². The molecule has 0 saturated heterocycles. The van der Waals surface area contributed by atoms with Gasteiger partial charge in [0.25, 0.3) is 0 Å². The van der Waals surface area contributed by atoms with Crippen LogP contribution in [0, 0.1) is 0 Å². The molecule has 1 amide bonds. The summed E-state index contributed by atoms with van der Waals surface area (Å²) in [6.45, 7) is 1.76. The van der Waals surface area contributed by atoms with E-state index in [2.05, 4.69) is 5.32 Å². The summed E-state index contributed by atoms with van der Waals surface area (Å²) >= 11 is 5.90. The summed E-state index contributed by atoms with van der Waals surface area (Å²) in [4.78, 5) is 21.9. The zero-order chi connectivity index (χ0) is 14.3. The molecule has 1 atom stereocenters. The maximum atomic E-state index is 11.4. The highest BCUT2D eigenvalue weighted by molar-refractivity contribution is 6.32. The number of halogens is 1. The molecule has 6 heteroatoms. The lowest BCUT2D eigenvalue weighted by Gasteiger charge is -2.10. The number of aliphatic carboxylic acids is 1. The van der Waals surface area contributed by atoms with Crippen LogP contribution in [0.3, 0.4) is 0 Å². The highest BCUT2D eigenvalue weighted by atomic mass is 35.5. The molecule has 0 bridgehead atoms. The number of hydrogen-bond donors (Lipinski definition) is 2. The summed E-state index contributed by atoms with van der Waals surface area (Å²) in [5.41, 5.74) is 0. The molecule has 0 radical (unpaired) electrons. The lowest BCUT2D eigenvalue weighted by Crippen LogP contribution is -2.38. The number of amides is 1. The zero-order valence-electron chi connectivity index (χ0n) is 10.6. The maximum Gasteiger partial charge on any atom is 0.325 e. The Balaban J connectivity index is 2.23. The van der Waals surface area contributed by atoms with Gasteiger partial charge in [0, 0.05) is 6.42 Å². The van der Waals surface area contributed by atoms with E-state index >= 15 is 0 Å². The minimum atomic E-state index is -1.05. The molecule has 0 heterocycles. The standard InChI is InChI=1S/C13H16ClNO4/c1-9(13(17)18)15-12(16)7-4-8-19-11-6-3-2-5-10(11)14/h2-3,5-6,9H,4,7-8H2,1H3,(H,15,16)(H,17,18). The summed E-state index contributed by atoms with van der Waals surface area (Å²) in [6.07, 6.45) is 0.700. The monoisotopic (exact) mass is 285 g/mol. The summed E-state index contributed by atoms with van der Waals surface area (Å²) in [5.74, 6) is -0.790. The Bertz CT molecular complexity index is 450. The van der Waals surface area contributed by atoms with Crippen LogP contribution in [0.25, 0.3) is 0 Å². The molecule has 1 unspecified atom stereocenters. The van der Waals surface area contributed by atoms with Crippen molar-refractivity contribution in [1.82, 2.24) is 5.32 Å². The lowest BCUT2D eigenvalue weighted by atomic mass is 10.2. The summed E-state index contributed by atoms with van der Waals surface area (Å²) < 4.78 is 5.41. The largest absolute Gasteiger partial charge is 0.492 e. The van der Waals surface area contributed by atoms with E-state index in [0.29, 0.717) is 23.8 Å². The van der Waals surface area contributed by atoms with Gasteiger partial charge < -0.3 is 15.2 Å². The van der Waals surface area contributed by atoms with Crippen molar-refractivity contribution in [1.29, 1.82) is 0 Å². The van der Waals surface area contributed by atoms with E-state index in [-0.39, 0.29) is 12.3 Å². The number of benzene rings is 1. The Kier molecular flexibility index (Phi) is 6.15. The van der Waals surface area contributed by atoms with Crippen LogP contribution in [0.4, 0.5) is 0 Å². The van der Waals surface area contributed by atoms with Crippen LogP contribution in [0.15, 0.2) is 24.3 Å². The van der Waals surface area contributed by atoms with Crippen molar-refractivity contribution in [2.24, 2.45) is 0 Å². The highest BCUT2D eigenvalue weighted by Gasteiger charge is 2.13. The third-order valence-corrected chi connectivity index (χ3v) is 2.70. The number of carbonyl (C=O) groups is 2. The van der Waals surface area contributed by atoms with Gasteiger partial charge in [-0.1, -0.05) is 23.7 Å². The SMILES string of the molecule is CC(NC(=O)CCCOc1ccccc1Cl)C(=O)O. The minimum Gasteiger partial charge on any atom is -0.492 e. The summed E-state index contributed by atoms with van der Waals surface area (Å²) in [7, 11) is 0. The number of carboxylic acids is 1. The maximum absolute atomic E-state index is 11.4. The molecule has 1 aromatic rings. The van der Waals surface area contributed by atoms with Crippen molar-refractivity contribution in [3.63, 3.8) is 0 Å². The van der Waals surface area contributed by atoms with Gasteiger partial charge in [-0.2, -0.15) is 0 Å². The number of para-hydroxylation sites is 1. The van der Waals surface area contributed by atoms with Crippen LogP contribution >= 0.6 is 11.6 Å². The van der Waals surface area contributed by atoms with Crippen LogP contribution in [0.1, 0.15) is 19.8 Å². The molecule has 0 fully saturated rings. The first-order chi connectivity index (χ1) is 9.00. The second kappa shape index (κ2) is 7.63. The van der Waals surface area contributed by atoms with Crippen molar-refractivity contribution in [2.45, 2.75) is 25.8 Å². The Hall–Kier alpha value is -1.75. The van der Waals surface area contributed by atoms with Crippen LogP contribution in [0.2, 0.25) is 5.02 Å². The second-order valence-electron chi connectivity index (χ2n) is 4.01. The van der Waals surface area contributed by atoms with Crippen molar-refractivity contribution >= 4 is 23.5 Å². The molecule has 1 rings (SSSR count). The Morgan fingerprint density at radius 1 is 1.42 bits per heavy atom. The van der Waals surface area contributed by atoms with Crippen LogP contribution in [0.5, 0.6) is 5.75 Å². The van der Waals surface area contributed by atoms with E-state index in [1.807, 2.05) is 6.07 Å². The first-order valence-electron chi connectivity index (χ1n) is 5.90. The van der Waals surface area contributed by atoms with Crippen LogP contribution in [-0.4, -0.2) is 29.6 Å². The topological polar surface area (TPSA) is 75.6 Å². The zero-order valence-corrected chi connectivity index (χ0v) is 11.3. The molecule has 5 nitrogen and oxygen atoms in total. The number of rotatable bonds is 7. The van der Waals surface area contributed by atoms with Crippen molar-refractivity contribution in [2.75, 3.05) is 6.61 Å². The molecule has 2 N–H and O–H groups in total. The fourth-order valence-corrected chi connectivity index (χ4v) is 1.54. The second-order valence-corrected chi connectivity index (χ2v) is 4.42. The van der Waals surface area contributed by atoms with Gasteiger partial charge in [-0.25, -0.2) is 0 Å². The molecular formula is C13H16ClNO4. The predicted octanol–water partition coefficient (Wildman–Crippen LogP) is 2.09.